The number of rotatable bonds is 3. The van der Waals surface area contributed by atoms with Crippen molar-refractivity contribution < 1.29 is 13.7 Å². The van der Waals surface area contributed by atoms with Gasteiger partial charge in [0, 0.05) is 0 Å². The Kier molecular flexibility index (Phi) is 3.31. The molecule has 0 aliphatic rings. The van der Waals surface area contributed by atoms with Gasteiger partial charge in [-0.3, -0.25) is 0 Å². The number of nitrogens with zero attached hydrogens (tertiary/aromatic N) is 1. The quantitative estimate of drug-likeness (QED) is 0.796. The average Bonchev–Trinajstić information content (AvgIpc) is 2.89. The van der Waals surface area contributed by atoms with Crippen molar-refractivity contribution in [2.24, 2.45) is 0 Å². The summed E-state index contributed by atoms with van der Waals surface area (Å²) in [7, 11) is 1.48. The van der Waals surface area contributed by atoms with Gasteiger partial charge in [0.15, 0.2) is 0 Å². The molecule has 0 amide bonds. The van der Waals surface area contributed by atoms with E-state index >= 15 is 0 Å². The zero-order chi connectivity index (χ0) is 14.8. The fourth-order valence-electron chi connectivity index (χ4n) is 2.26. The number of nitrogen functional groups attached to an aromatic ring is 1. The van der Waals surface area contributed by atoms with Crippen molar-refractivity contribution in [3.05, 3.63) is 54.3 Å². The molecule has 0 radical (unpaired) electrons. The number of hydrogen-bond acceptors (Lipinski definition) is 4. The van der Waals surface area contributed by atoms with Gasteiger partial charge in [0.05, 0.1) is 18.2 Å². The second kappa shape index (κ2) is 5.28. The number of anilines is 1. The summed E-state index contributed by atoms with van der Waals surface area (Å²) in [4.78, 5) is 0. The van der Waals surface area contributed by atoms with E-state index in [9.17, 15) is 4.39 Å². The Balaban J connectivity index is 2.27. The number of halogens is 1. The summed E-state index contributed by atoms with van der Waals surface area (Å²) in [6, 6.07) is 13.9. The molecule has 0 bridgehead atoms. The van der Waals surface area contributed by atoms with Crippen molar-refractivity contribution in [2.45, 2.75) is 0 Å². The molecule has 3 rings (SSSR count). The molecule has 0 fully saturated rings. The number of hydrogen-bond donors (Lipinski definition) is 1. The van der Waals surface area contributed by atoms with Crippen LogP contribution in [0.1, 0.15) is 0 Å². The predicted molar refractivity (Wildman–Crippen MR) is 78.3 cm³/mol. The van der Waals surface area contributed by atoms with E-state index in [4.69, 9.17) is 15.0 Å². The van der Waals surface area contributed by atoms with E-state index in [1.165, 1.54) is 13.2 Å². The van der Waals surface area contributed by atoms with Gasteiger partial charge in [-0.25, -0.2) is 4.39 Å². The smallest absolute Gasteiger partial charge is 0.230 e. The van der Waals surface area contributed by atoms with Gasteiger partial charge < -0.3 is 15.0 Å². The molecule has 2 N–H and O–H groups in total. The SMILES string of the molecule is COc1cccc(F)c1-c1noc(N)c1-c1ccccc1. The first-order chi connectivity index (χ1) is 10.2. The summed E-state index contributed by atoms with van der Waals surface area (Å²) >= 11 is 0. The summed E-state index contributed by atoms with van der Waals surface area (Å²) in [5, 5.41) is 3.91. The van der Waals surface area contributed by atoms with E-state index in [0.717, 1.165) is 5.56 Å². The van der Waals surface area contributed by atoms with Gasteiger partial charge in [-0.05, 0) is 17.7 Å². The van der Waals surface area contributed by atoms with Crippen LogP contribution in [0.4, 0.5) is 10.3 Å². The highest BCUT2D eigenvalue weighted by Gasteiger charge is 2.23. The zero-order valence-electron chi connectivity index (χ0n) is 11.3. The maximum Gasteiger partial charge on any atom is 0.230 e. The van der Waals surface area contributed by atoms with Crippen LogP contribution >= 0.6 is 0 Å². The van der Waals surface area contributed by atoms with Crippen LogP contribution in [-0.2, 0) is 0 Å². The molecule has 0 unspecified atom stereocenters. The number of aromatic nitrogens is 1. The van der Waals surface area contributed by atoms with E-state index in [1.807, 2.05) is 30.3 Å². The Labute approximate surface area is 120 Å². The van der Waals surface area contributed by atoms with Gasteiger partial charge in [-0.1, -0.05) is 41.6 Å². The van der Waals surface area contributed by atoms with E-state index in [-0.39, 0.29) is 11.4 Å². The minimum absolute atomic E-state index is 0.140. The van der Waals surface area contributed by atoms with Crippen LogP contribution in [-0.4, -0.2) is 12.3 Å². The topological polar surface area (TPSA) is 61.3 Å². The molecular weight excluding hydrogens is 271 g/mol. The number of benzene rings is 2. The van der Waals surface area contributed by atoms with E-state index < -0.39 is 5.82 Å². The minimum Gasteiger partial charge on any atom is -0.496 e. The largest absolute Gasteiger partial charge is 0.496 e. The first kappa shape index (κ1) is 13.2. The number of methoxy groups -OCH3 is 1. The first-order valence-corrected chi connectivity index (χ1v) is 6.36. The molecule has 1 aromatic heterocycles. The van der Waals surface area contributed by atoms with Gasteiger partial charge in [-0.2, -0.15) is 0 Å². The summed E-state index contributed by atoms with van der Waals surface area (Å²) in [5.41, 5.74) is 7.78. The van der Waals surface area contributed by atoms with Gasteiger partial charge in [0.1, 0.15) is 17.3 Å². The molecule has 2 aromatic carbocycles. The van der Waals surface area contributed by atoms with E-state index in [1.54, 1.807) is 12.1 Å². The molecular formula is C16H13FN2O2. The van der Waals surface area contributed by atoms with Crippen LogP contribution in [0.2, 0.25) is 0 Å². The second-order valence-corrected chi connectivity index (χ2v) is 4.45. The third-order valence-corrected chi connectivity index (χ3v) is 3.21. The maximum atomic E-state index is 14.2. The monoisotopic (exact) mass is 284 g/mol. The van der Waals surface area contributed by atoms with E-state index in [0.29, 0.717) is 17.0 Å². The van der Waals surface area contributed by atoms with Gasteiger partial charge in [0.25, 0.3) is 0 Å². The van der Waals surface area contributed by atoms with Crippen molar-refractivity contribution >= 4 is 5.88 Å². The molecule has 3 aromatic rings. The van der Waals surface area contributed by atoms with Crippen molar-refractivity contribution in [3.63, 3.8) is 0 Å². The number of ether oxygens (including phenoxy) is 1. The Morgan fingerprint density at radius 2 is 1.81 bits per heavy atom. The van der Waals surface area contributed by atoms with Crippen molar-refractivity contribution in [3.8, 4) is 28.1 Å². The summed E-state index contributed by atoms with van der Waals surface area (Å²) in [6.07, 6.45) is 0. The summed E-state index contributed by atoms with van der Waals surface area (Å²) < 4.78 is 24.5. The van der Waals surface area contributed by atoms with Crippen LogP contribution in [0.3, 0.4) is 0 Å². The Morgan fingerprint density at radius 1 is 1.05 bits per heavy atom. The highest BCUT2D eigenvalue weighted by atomic mass is 19.1. The van der Waals surface area contributed by atoms with Gasteiger partial charge >= 0.3 is 0 Å². The fraction of sp³-hybridized carbons (Fsp3) is 0.0625. The third-order valence-electron chi connectivity index (χ3n) is 3.21. The minimum atomic E-state index is -0.445. The molecule has 0 spiro atoms. The van der Waals surface area contributed by atoms with Crippen LogP contribution in [0.5, 0.6) is 5.75 Å². The zero-order valence-corrected chi connectivity index (χ0v) is 11.3. The lowest BCUT2D eigenvalue weighted by Gasteiger charge is -2.08. The molecule has 0 atom stereocenters. The Morgan fingerprint density at radius 3 is 2.52 bits per heavy atom. The third kappa shape index (κ3) is 2.23. The molecule has 0 saturated heterocycles. The maximum absolute atomic E-state index is 14.2. The Bertz CT molecular complexity index is 769. The van der Waals surface area contributed by atoms with Crippen molar-refractivity contribution in [1.82, 2.24) is 5.16 Å². The molecule has 106 valence electrons. The summed E-state index contributed by atoms with van der Waals surface area (Å²) in [6.45, 7) is 0. The average molecular weight is 284 g/mol. The van der Waals surface area contributed by atoms with Crippen LogP contribution in [0.25, 0.3) is 22.4 Å². The first-order valence-electron chi connectivity index (χ1n) is 6.36. The second-order valence-electron chi connectivity index (χ2n) is 4.45. The molecule has 21 heavy (non-hydrogen) atoms. The highest BCUT2D eigenvalue weighted by Crippen LogP contribution is 2.40. The lowest BCUT2D eigenvalue weighted by Crippen LogP contribution is -1.94. The van der Waals surface area contributed by atoms with Crippen LogP contribution < -0.4 is 10.5 Å². The standard InChI is InChI=1S/C16H13FN2O2/c1-20-12-9-5-8-11(17)14(12)15-13(16(18)21-19-15)10-6-3-2-4-7-10/h2-9H,18H2,1H3. The lowest BCUT2D eigenvalue weighted by atomic mass is 10.00. The normalized spacial score (nSPS) is 10.6. The lowest BCUT2D eigenvalue weighted by molar-refractivity contribution is 0.410. The summed E-state index contributed by atoms with van der Waals surface area (Å²) in [5.74, 6) is 0.0711. The fourth-order valence-corrected chi connectivity index (χ4v) is 2.26. The van der Waals surface area contributed by atoms with Crippen LogP contribution in [0.15, 0.2) is 53.1 Å². The van der Waals surface area contributed by atoms with Crippen molar-refractivity contribution in [1.29, 1.82) is 0 Å². The molecule has 0 aliphatic heterocycles. The predicted octanol–water partition coefficient (Wildman–Crippen LogP) is 3.74. The van der Waals surface area contributed by atoms with Crippen LogP contribution in [0, 0.1) is 5.82 Å². The molecule has 0 saturated carbocycles. The highest BCUT2D eigenvalue weighted by molar-refractivity contribution is 5.88. The molecule has 1 heterocycles. The Hall–Kier alpha value is -2.82. The van der Waals surface area contributed by atoms with E-state index in [2.05, 4.69) is 5.16 Å². The number of nitrogens with two attached hydrogens (primary N) is 1. The molecule has 0 aliphatic carbocycles. The van der Waals surface area contributed by atoms with Gasteiger partial charge in [-0.15, -0.1) is 0 Å². The molecule has 5 heteroatoms. The molecule has 4 nitrogen and oxygen atoms in total. The van der Waals surface area contributed by atoms with Gasteiger partial charge in [0.2, 0.25) is 5.88 Å². The van der Waals surface area contributed by atoms with Crippen molar-refractivity contribution in [2.75, 3.05) is 12.8 Å².